The van der Waals surface area contributed by atoms with Crippen molar-refractivity contribution in [1.29, 1.82) is 0 Å². The van der Waals surface area contributed by atoms with Gasteiger partial charge >= 0.3 is 0 Å². The minimum absolute atomic E-state index is 0.770. The fraction of sp³-hybridized carbons (Fsp3) is 0.250. The smallest absolute Gasteiger partial charge is 0.0954 e. The summed E-state index contributed by atoms with van der Waals surface area (Å²) in [6, 6.07) is 5.97. The molecule has 0 amide bonds. The van der Waals surface area contributed by atoms with Crippen LogP contribution in [-0.4, -0.2) is 9.55 Å². The van der Waals surface area contributed by atoms with Crippen LogP contribution in [0.5, 0.6) is 0 Å². The average Bonchev–Trinajstić information content (AvgIpc) is 2.54. The van der Waals surface area contributed by atoms with E-state index in [9.17, 15) is 0 Å². The lowest BCUT2D eigenvalue weighted by Gasteiger charge is -2.08. The van der Waals surface area contributed by atoms with Gasteiger partial charge in [-0.1, -0.05) is 22.0 Å². The van der Waals surface area contributed by atoms with E-state index in [0.717, 1.165) is 28.0 Å². The standard InChI is InChI=1S/C12H14BrN3/c1-8-9(2)16(7-15-8)6-10-3-4-11(13)5-12(10)14/h3-5,7H,6,14H2,1-2H3. The van der Waals surface area contributed by atoms with Crippen molar-refractivity contribution in [2.75, 3.05) is 5.73 Å². The number of benzene rings is 1. The Morgan fingerprint density at radius 3 is 2.69 bits per heavy atom. The van der Waals surface area contributed by atoms with E-state index in [1.165, 1.54) is 5.69 Å². The molecule has 0 atom stereocenters. The van der Waals surface area contributed by atoms with Crippen molar-refractivity contribution in [3.05, 3.63) is 46.0 Å². The van der Waals surface area contributed by atoms with Crippen LogP contribution >= 0.6 is 15.9 Å². The lowest BCUT2D eigenvalue weighted by Crippen LogP contribution is -2.03. The summed E-state index contributed by atoms with van der Waals surface area (Å²) < 4.78 is 3.11. The summed E-state index contributed by atoms with van der Waals surface area (Å²) in [7, 11) is 0. The normalized spacial score (nSPS) is 10.7. The summed E-state index contributed by atoms with van der Waals surface area (Å²) in [5, 5.41) is 0. The molecule has 0 saturated carbocycles. The van der Waals surface area contributed by atoms with Gasteiger partial charge < -0.3 is 10.3 Å². The number of nitrogens with zero attached hydrogens (tertiary/aromatic N) is 2. The Balaban J connectivity index is 2.30. The van der Waals surface area contributed by atoms with E-state index < -0.39 is 0 Å². The Morgan fingerprint density at radius 1 is 1.38 bits per heavy atom. The highest BCUT2D eigenvalue weighted by Crippen LogP contribution is 2.20. The van der Waals surface area contributed by atoms with Crippen LogP contribution in [0, 0.1) is 13.8 Å². The van der Waals surface area contributed by atoms with Crippen molar-refractivity contribution in [3.63, 3.8) is 0 Å². The molecule has 2 aromatic rings. The fourth-order valence-electron chi connectivity index (χ4n) is 1.60. The third kappa shape index (κ3) is 2.11. The van der Waals surface area contributed by atoms with Crippen LogP contribution in [0.4, 0.5) is 5.69 Å². The highest BCUT2D eigenvalue weighted by Gasteiger charge is 2.05. The van der Waals surface area contributed by atoms with Gasteiger partial charge in [-0.15, -0.1) is 0 Å². The number of halogens is 1. The van der Waals surface area contributed by atoms with Crippen LogP contribution in [0.2, 0.25) is 0 Å². The van der Waals surface area contributed by atoms with Crippen LogP contribution < -0.4 is 5.73 Å². The Labute approximate surface area is 103 Å². The van der Waals surface area contributed by atoms with Crippen LogP contribution in [0.15, 0.2) is 29.0 Å². The van der Waals surface area contributed by atoms with Gasteiger partial charge in [0.05, 0.1) is 18.6 Å². The number of nitrogens with two attached hydrogens (primary N) is 1. The minimum atomic E-state index is 0.770. The van der Waals surface area contributed by atoms with E-state index in [0.29, 0.717) is 0 Å². The molecule has 1 aromatic heterocycles. The maximum Gasteiger partial charge on any atom is 0.0954 e. The first-order chi connectivity index (χ1) is 7.58. The highest BCUT2D eigenvalue weighted by atomic mass is 79.9. The zero-order chi connectivity index (χ0) is 11.7. The van der Waals surface area contributed by atoms with Gasteiger partial charge in [-0.3, -0.25) is 0 Å². The summed E-state index contributed by atoms with van der Waals surface area (Å²) in [6.45, 7) is 4.85. The molecule has 0 spiro atoms. The van der Waals surface area contributed by atoms with Crippen LogP contribution in [0.1, 0.15) is 17.0 Å². The maximum absolute atomic E-state index is 5.96. The number of aromatic nitrogens is 2. The van der Waals surface area contributed by atoms with Crippen molar-refractivity contribution in [3.8, 4) is 0 Å². The predicted octanol–water partition coefficient (Wildman–Crippen LogP) is 2.89. The topological polar surface area (TPSA) is 43.8 Å². The molecule has 1 aromatic carbocycles. The summed E-state index contributed by atoms with van der Waals surface area (Å²) >= 11 is 3.40. The largest absolute Gasteiger partial charge is 0.398 e. The van der Waals surface area contributed by atoms with E-state index in [4.69, 9.17) is 5.73 Å². The molecule has 0 bridgehead atoms. The van der Waals surface area contributed by atoms with Crippen LogP contribution in [-0.2, 0) is 6.54 Å². The quantitative estimate of drug-likeness (QED) is 0.860. The van der Waals surface area contributed by atoms with Gasteiger partial charge in [-0.05, 0) is 31.5 Å². The van der Waals surface area contributed by atoms with Crippen molar-refractivity contribution < 1.29 is 0 Å². The van der Waals surface area contributed by atoms with Gasteiger partial charge in [0.15, 0.2) is 0 Å². The Morgan fingerprint density at radius 2 is 2.12 bits per heavy atom. The zero-order valence-electron chi connectivity index (χ0n) is 9.37. The molecule has 0 aliphatic carbocycles. The summed E-state index contributed by atoms with van der Waals surface area (Å²) in [4.78, 5) is 4.27. The first-order valence-corrected chi connectivity index (χ1v) is 5.89. The Bertz CT molecular complexity index is 517. The SMILES string of the molecule is Cc1ncn(Cc2ccc(Br)cc2N)c1C. The maximum atomic E-state index is 5.96. The van der Waals surface area contributed by atoms with Gasteiger partial charge in [0.1, 0.15) is 0 Å². The molecule has 0 radical (unpaired) electrons. The molecule has 3 nitrogen and oxygen atoms in total. The molecule has 0 unspecified atom stereocenters. The Kier molecular flexibility index (Phi) is 3.01. The first kappa shape index (κ1) is 11.2. The lowest BCUT2D eigenvalue weighted by molar-refractivity contribution is 0.770. The van der Waals surface area contributed by atoms with Crippen molar-refractivity contribution in [1.82, 2.24) is 9.55 Å². The molecule has 0 saturated heterocycles. The third-order valence-corrected chi connectivity index (χ3v) is 3.29. The van der Waals surface area contributed by atoms with E-state index in [1.54, 1.807) is 0 Å². The number of hydrogen-bond donors (Lipinski definition) is 1. The number of hydrogen-bond acceptors (Lipinski definition) is 2. The van der Waals surface area contributed by atoms with Crippen LogP contribution in [0.3, 0.4) is 0 Å². The molecule has 0 fully saturated rings. The van der Waals surface area contributed by atoms with Gasteiger partial charge in [0, 0.05) is 15.9 Å². The molecule has 4 heteroatoms. The second kappa shape index (κ2) is 4.29. The van der Waals surface area contributed by atoms with E-state index >= 15 is 0 Å². The predicted molar refractivity (Wildman–Crippen MR) is 69.4 cm³/mol. The van der Waals surface area contributed by atoms with Gasteiger partial charge in [-0.25, -0.2) is 4.98 Å². The van der Waals surface area contributed by atoms with Crippen molar-refractivity contribution >= 4 is 21.6 Å². The average molecular weight is 280 g/mol. The fourth-order valence-corrected chi connectivity index (χ4v) is 1.98. The van der Waals surface area contributed by atoms with E-state index in [-0.39, 0.29) is 0 Å². The molecule has 16 heavy (non-hydrogen) atoms. The minimum Gasteiger partial charge on any atom is -0.398 e. The van der Waals surface area contributed by atoms with Crippen LogP contribution in [0.25, 0.3) is 0 Å². The first-order valence-electron chi connectivity index (χ1n) is 5.10. The third-order valence-electron chi connectivity index (χ3n) is 2.79. The molecular weight excluding hydrogens is 266 g/mol. The van der Waals surface area contributed by atoms with E-state index in [2.05, 4.69) is 32.4 Å². The number of imidazole rings is 1. The molecule has 84 valence electrons. The second-order valence-corrected chi connectivity index (χ2v) is 4.80. The summed E-state index contributed by atoms with van der Waals surface area (Å²) in [6.07, 6.45) is 1.85. The molecule has 2 N–H and O–H groups in total. The van der Waals surface area contributed by atoms with Crippen molar-refractivity contribution in [2.24, 2.45) is 0 Å². The molecule has 0 aliphatic rings. The van der Waals surface area contributed by atoms with E-state index in [1.807, 2.05) is 31.5 Å². The molecule has 1 heterocycles. The highest BCUT2D eigenvalue weighted by molar-refractivity contribution is 9.10. The van der Waals surface area contributed by atoms with Gasteiger partial charge in [-0.2, -0.15) is 0 Å². The summed E-state index contributed by atoms with van der Waals surface area (Å²) in [5.74, 6) is 0. The Hall–Kier alpha value is -1.29. The zero-order valence-corrected chi connectivity index (χ0v) is 11.0. The monoisotopic (exact) mass is 279 g/mol. The molecular formula is C12H14BrN3. The number of rotatable bonds is 2. The van der Waals surface area contributed by atoms with Crippen molar-refractivity contribution in [2.45, 2.75) is 20.4 Å². The lowest BCUT2D eigenvalue weighted by atomic mass is 10.2. The second-order valence-electron chi connectivity index (χ2n) is 3.89. The molecule has 0 aliphatic heterocycles. The molecule has 2 rings (SSSR count). The number of aryl methyl sites for hydroxylation is 1. The van der Waals surface area contributed by atoms with Gasteiger partial charge in [0.25, 0.3) is 0 Å². The number of anilines is 1. The van der Waals surface area contributed by atoms with Gasteiger partial charge in [0.2, 0.25) is 0 Å². The summed E-state index contributed by atoms with van der Waals surface area (Å²) in [5.41, 5.74) is 10.1. The number of nitrogen functional groups attached to an aromatic ring is 1.